The molecule has 1 atom stereocenters. The van der Waals surface area contributed by atoms with Gasteiger partial charge in [0.2, 0.25) is 0 Å². The largest absolute Gasteiger partial charge is 0.493 e. The molecule has 0 bridgehead atoms. The zero-order chi connectivity index (χ0) is 20.5. The van der Waals surface area contributed by atoms with E-state index in [0.717, 1.165) is 35.5 Å². The number of nitrogens with zero attached hydrogens (tertiary/aromatic N) is 1. The average Bonchev–Trinajstić information content (AvgIpc) is 2.73. The van der Waals surface area contributed by atoms with Crippen molar-refractivity contribution in [2.24, 2.45) is 0 Å². The summed E-state index contributed by atoms with van der Waals surface area (Å²) in [4.78, 5) is 15.4. The second-order valence-corrected chi connectivity index (χ2v) is 7.17. The van der Waals surface area contributed by atoms with Gasteiger partial charge in [0.15, 0.2) is 23.0 Å². The molecule has 6 nitrogen and oxygen atoms in total. The Kier molecular flexibility index (Phi) is 5.26. The first-order valence-corrected chi connectivity index (χ1v) is 10.1. The molecule has 2 aromatic rings. The van der Waals surface area contributed by atoms with Crippen LogP contribution in [0.3, 0.4) is 0 Å². The molecule has 2 heterocycles. The fraction of sp³-hybridized carbons (Fsp3) is 0.435. The molecule has 0 radical (unpaired) electrons. The highest BCUT2D eigenvalue weighted by Crippen LogP contribution is 2.45. The maximum atomic E-state index is 13.4. The van der Waals surface area contributed by atoms with Crippen LogP contribution in [0.5, 0.6) is 23.0 Å². The van der Waals surface area contributed by atoms with Crippen LogP contribution in [0.15, 0.2) is 24.3 Å². The lowest BCUT2D eigenvalue weighted by Crippen LogP contribution is -2.44. The molecular weight excluding hydrogens is 370 g/mol. The van der Waals surface area contributed by atoms with Crippen molar-refractivity contribution in [2.45, 2.75) is 32.7 Å². The van der Waals surface area contributed by atoms with E-state index in [1.807, 2.05) is 30.9 Å². The minimum Gasteiger partial charge on any atom is -0.493 e. The molecule has 6 heteroatoms. The Balaban J connectivity index is 1.80. The Bertz CT molecular complexity index is 939. The summed E-state index contributed by atoms with van der Waals surface area (Å²) in [6.45, 7) is 5.74. The van der Waals surface area contributed by atoms with Crippen molar-refractivity contribution < 1.29 is 23.7 Å². The number of benzene rings is 2. The lowest BCUT2D eigenvalue weighted by Gasteiger charge is -2.42. The van der Waals surface area contributed by atoms with Crippen molar-refractivity contribution in [3.05, 3.63) is 46.5 Å². The lowest BCUT2D eigenvalue weighted by atomic mass is 9.83. The van der Waals surface area contributed by atoms with E-state index in [9.17, 15) is 4.79 Å². The lowest BCUT2D eigenvalue weighted by molar-refractivity contribution is 0.0626. The summed E-state index contributed by atoms with van der Waals surface area (Å²) in [6, 6.07) is 7.95. The van der Waals surface area contributed by atoms with Crippen LogP contribution in [0.25, 0.3) is 0 Å². The van der Waals surface area contributed by atoms with Crippen molar-refractivity contribution in [1.29, 1.82) is 0 Å². The van der Waals surface area contributed by atoms with E-state index in [-0.39, 0.29) is 11.9 Å². The minimum atomic E-state index is -0.0215. The highest BCUT2D eigenvalue weighted by Gasteiger charge is 2.39. The third-order valence-electron chi connectivity index (χ3n) is 5.68. The maximum absolute atomic E-state index is 13.4. The summed E-state index contributed by atoms with van der Waals surface area (Å²) in [6.07, 6.45) is 1.51. The summed E-state index contributed by atoms with van der Waals surface area (Å²) in [5, 5.41) is 0. The summed E-state index contributed by atoms with van der Waals surface area (Å²) in [5.74, 6) is 2.59. The molecule has 0 spiro atoms. The zero-order valence-corrected chi connectivity index (χ0v) is 17.4. The average molecular weight is 397 g/mol. The topological polar surface area (TPSA) is 57.2 Å². The third-order valence-corrected chi connectivity index (χ3v) is 5.68. The standard InChI is InChI=1S/C23H27NO5/c1-5-28-19-12-14-9-10-24-17(16(14)13-20(19)29-6-2)11-15-7-8-18(26-3)22(27-4)21(15)23(24)25/h7-8,12-13,17H,5-6,9-11H2,1-4H3. The van der Waals surface area contributed by atoms with Gasteiger partial charge in [0, 0.05) is 6.54 Å². The van der Waals surface area contributed by atoms with E-state index in [4.69, 9.17) is 18.9 Å². The number of amides is 1. The molecule has 154 valence electrons. The van der Waals surface area contributed by atoms with Gasteiger partial charge in [-0.1, -0.05) is 6.07 Å². The predicted octanol–water partition coefficient (Wildman–Crippen LogP) is 3.80. The molecule has 2 aliphatic heterocycles. The fourth-order valence-electron chi connectivity index (χ4n) is 4.43. The molecule has 1 amide bonds. The number of carbonyl (C=O) groups excluding carboxylic acids is 1. The highest BCUT2D eigenvalue weighted by molar-refractivity contribution is 6.01. The van der Waals surface area contributed by atoms with Gasteiger partial charge in [-0.05, 0) is 61.6 Å². The van der Waals surface area contributed by atoms with Crippen molar-refractivity contribution in [2.75, 3.05) is 34.0 Å². The normalized spacial score (nSPS) is 17.2. The molecule has 1 unspecified atom stereocenters. The van der Waals surface area contributed by atoms with Crippen molar-refractivity contribution in [3.8, 4) is 23.0 Å². The van der Waals surface area contributed by atoms with Crippen LogP contribution in [0.2, 0.25) is 0 Å². The van der Waals surface area contributed by atoms with Crippen molar-refractivity contribution in [1.82, 2.24) is 4.90 Å². The van der Waals surface area contributed by atoms with Crippen LogP contribution in [0, 0.1) is 0 Å². The number of methoxy groups -OCH3 is 2. The van der Waals surface area contributed by atoms with Gasteiger partial charge in [0.05, 0.1) is 39.0 Å². The number of hydrogen-bond acceptors (Lipinski definition) is 5. The van der Waals surface area contributed by atoms with Gasteiger partial charge in [-0.15, -0.1) is 0 Å². The quantitative estimate of drug-likeness (QED) is 0.742. The fourth-order valence-corrected chi connectivity index (χ4v) is 4.43. The Morgan fingerprint density at radius 1 is 0.966 bits per heavy atom. The Hall–Kier alpha value is -2.89. The SMILES string of the molecule is CCOc1cc2c(cc1OCC)C1Cc3ccc(OC)c(OC)c3C(=O)N1CC2. The molecule has 0 fully saturated rings. The molecule has 29 heavy (non-hydrogen) atoms. The van der Waals surface area contributed by atoms with Crippen molar-refractivity contribution >= 4 is 5.91 Å². The van der Waals surface area contributed by atoms with Gasteiger partial charge >= 0.3 is 0 Å². The van der Waals surface area contributed by atoms with Gasteiger partial charge in [-0.25, -0.2) is 0 Å². The van der Waals surface area contributed by atoms with Crippen LogP contribution in [0.4, 0.5) is 0 Å². The first-order valence-electron chi connectivity index (χ1n) is 10.1. The molecule has 0 saturated carbocycles. The van der Waals surface area contributed by atoms with E-state index in [0.29, 0.717) is 36.8 Å². The Morgan fingerprint density at radius 2 is 1.69 bits per heavy atom. The summed E-state index contributed by atoms with van der Waals surface area (Å²) in [7, 11) is 3.16. The Morgan fingerprint density at radius 3 is 2.34 bits per heavy atom. The molecule has 0 aliphatic carbocycles. The first-order chi connectivity index (χ1) is 14.1. The van der Waals surface area contributed by atoms with E-state index >= 15 is 0 Å². The molecule has 0 saturated heterocycles. The molecule has 2 aliphatic rings. The summed E-state index contributed by atoms with van der Waals surface area (Å²) >= 11 is 0. The van der Waals surface area contributed by atoms with Gasteiger partial charge in [0.1, 0.15) is 0 Å². The van der Waals surface area contributed by atoms with Crippen LogP contribution in [0.1, 0.15) is 46.9 Å². The molecule has 0 aromatic heterocycles. The number of carbonyl (C=O) groups is 1. The Labute approximate surface area is 171 Å². The second kappa shape index (κ2) is 7.85. The summed E-state index contributed by atoms with van der Waals surface area (Å²) in [5.41, 5.74) is 3.95. The van der Waals surface area contributed by atoms with E-state index < -0.39 is 0 Å². The molecule has 2 aromatic carbocycles. The van der Waals surface area contributed by atoms with Gasteiger partial charge in [0.25, 0.3) is 5.91 Å². The van der Waals surface area contributed by atoms with E-state index in [1.54, 1.807) is 14.2 Å². The second-order valence-electron chi connectivity index (χ2n) is 7.17. The van der Waals surface area contributed by atoms with Crippen LogP contribution in [-0.2, 0) is 12.8 Å². The number of ether oxygens (including phenoxy) is 4. The van der Waals surface area contributed by atoms with Gasteiger partial charge in [-0.3, -0.25) is 4.79 Å². The highest BCUT2D eigenvalue weighted by atomic mass is 16.5. The van der Waals surface area contributed by atoms with E-state index in [1.165, 1.54) is 5.56 Å². The monoisotopic (exact) mass is 397 g/mol. The van der Waals surface area contributed by atoms with Crippen LogP contribution < -0.4 is 18.9 Å². The number of fused-ring (bicyclic) bond motifs is 4. The molecular formula is C23H27NO5. The molecule has 0 N–H and O–H groups in total. The third kappa shape index (κ3) is 3.16. The van der Waals surface area contributed by atoms with Gasteiger partial charge in [-0.2, -0.15) is 0 Å². The van der Waals surface area contributed by atoms with Crippen molar-refractivity contribution in [3.63, 3.8) is 0 Å². The smallest absolute Gasteiger partial charge is 0.258 e. The number of rotatable bonds is 6. The number of hydrogen-bond donors (Lipinski definition) is 0. The van der Waals surface area contributed by atoms with Crippen LogP contribution >= 0.6 is 0 Å². The predicted molar refractivity (Wildman–Crippen MR) is 110 cm³/mol. The summed E-state index contributed by atoms with van der Waals surface area (Å²) < 4.78 is 22.6. The first kappa shape index (κ1) is 19.4. The van der Waals surface area contributed by atoms with E-state index in [2.05, 4.69) is 12.1 Å². The minimum absolute atomic E-state index is 0.00973. The zero-order valence-electron chi connectivity index (χ0n) is 17.4. The van der Waals surface area contributed by atoms with Gasteiger partial charge < -0.3 is 23.8 Å². The van der Waals surface area contributed by atoms with Crippen LogP contribution in [-0.4, -0.2) is 44.8 Å². The maximum Gasteiger partial charge on any atom is 0.258 e. The molecule has 4 rings (SSSR count).